The zero-order chi connectivity index (χ0) is 27.4. The second-order valence-corrected chi connectivity index (χ2v) is 12.3. The van der Waals surface area contributed by atoms with Crippen LogP contribution < -0.4 is 5.32 Å². The molecule has 1 aromatic heterocycles. The largest absolute Gasteiger partial charge is 0.481 e. The van der Waals surface area contributed by atoms with Gasteiger partial charge in [-0.05, 0) is 74.4 Å². The molecular weight excluding hydrogens is 576 g/mol. The highest BCUT2D eigenvalue weighted by atomic mass is 79.9. The van der Waals surface area contributed by atoms with Crippen molar-refractivity contribution in [2.24, 2.45) is 5.41 Å². The number of aliphatic carboxylic acids is 1. The molecule has 3 saturated carbocycles. The van der Waals surface area contributed by atoms with Crippen LogP contribution in [0.1, 0.15) is 59.5 Å². The summed E-state index contributed by atoms with van der Waals surface area (Å²) in [5, 5.41) is 15.0. The SMILES string of the molecule is Cc1c(-c2ccccc2)nc2ccc(Br)cc2c1C(=O)NC12CCC(C(=O)O)(CC1)C[C@@H]2c1ccccc1Cl. The number of nitrogens with zero attached hydrogens (tertiary/aromatic N) is 1. The molecule has 0 saturated heterocycles. The van der Waals surface area contributed by atoms with Crippen molar-refractivity contribution in [2.75, 3.05) is 0 Å². The van der Waals surface area contributed by atoms with Gasteiger partial charge in [0.05, 0.1) is 22.2 Å². The predicted molar refractivity (Wildman–Crippen MR) is 157 cm³/mol. The third-order valence-electron chi connectivity index (χ3n) is 8.92. The molecule has 1 atom stereocenters. The van der Waals surface area contributed by atoms with Gasteiger partial charge in [0.1, 0.15) is 0 Å². The van der Waals surface area contributed by atoms with Crippen molar-refractivity contribution < 1.29 is 14.7 Å². The molecule has 5 nitrogen and oxygen atoms in total. The predicted octanol–water partition coefficient (Wildman–Crippen LogP) is 7.93. The highest BCUT2D eigenvalue weighted by Gasteiger charge is 2.59. The zero-order valence-electron chi connectivity index (χ0n) is 21.5. The Kier molecular flexibility index (Phi) is 6.51. The lowest BCUT2D eigenvalue weighted by atomic mass is 9.51. The number of rotatable bonds is 5. The molecule has 3 aromatic carbocycles. The van der Waals surface area contributed by atoms with Crippen molar-refractivity contribution in [3.05, 3.63) is 99.0 Å². The summed E-state index contributed by atoms with van der Waals surface area (Å²) in [6, 6.07) is 23.3. The lowest BCUT2D eigenvalue weighted by molar-refractivity contribution is -0.157. The third-order valence-corrected chi connectivity index (χ3v) is 9.76. The number of hydrogen-bond acceptors (Lipinski definition) is 3. The summed E-state index contributed by atoms with van der Waals surface area (Å²) >= 11 is 10.2. The number of carboxylic acids is 1. The minimum atomic E-state index is -0.791. The number of aromatic nitrogens is 1. The highest BCUT2D eigenvalue weighted by Crippen LogP contribution is 2.59. The standard InChI is InChI=1S/C32H28BrClN2O3/c1-19-27(23-17-21(33)11-12-26(23)35-28(19)20-7-3-2-4-8-20)29(37)36-32-15-13-31(14-16-32,30(38)39)18-24(32)22-9-5-6-10-25(22)34/h2-12,17,24H,13-16,18H2,1H3,(H,36,37)(H,38,39)/t24-,31?,32?/m1/s1. The summed E-state index contributed by atoms with van der Waals surface area (Å²) < 4.78 is 0.867. The summed E-state index contributed by atoms with van der Waals surface area (Å²) in [6.45, 7) is 1.95. The minimum Gasteiger partial charge on any atom is -0.481 e. The number of carbonyl (C=O) groups is 2. The van der Waals surface area contributed by atoms with Gasteiger partial charge in [-0.15, -0.1) is 0 Å². The molecule has 198 valence electrons. The summed E-state index contributed by atoms with van der Waals surface area (Å²) in [6.07, 6.45) is 2.67. The van der Waals surface area contributed by atoms with Gasteiger partial charge in [-0.3, -0.25) is 9.59 Å². The van der Waals surface area contributed by atoms with Crippen LogP contribution in [0.25, 0.3) is 22.2 Å². The maximum absolute atomic E-state index is 14.4. The first-order chi connectivity index (χ1) is 18.7. The molecule has 3 aliphatic rings. The molecule has 0 unspecified atom stereocenters. The van der Waals surface area contributed by atoms with Crippen molar-refractivity contribution >= 4 is 50.3 Å². The van der Waals surface area contributed by atoms with E-state index in [1.54, 1.807) is 0 Å². The first-order valence-electron chi connectivity index (χ1n) is 13.2. The van der Waals surface area contributed by atoms with E-state index in [0.717, 1.165) is 37.8 Å². The van der Waals surface area contributed by atoms with E-state index < -0.39 is 16.9 Å². The Morgan fingerprint density at radius 3 is 2.38 bits per heavy atom. The number of carbonyl (C=O) groups excluding carboxylic acids is 1. The van der Waals surface area contributed by atoms with Crippen LogP contribution in [-0.4, -0.2) is 27.5 Å². The van der Waals surface area contributed by atoms with Crippen molar-refractivity contribution in [3.63, 3.8) is 0 Å². The number of hydrogen-bond donors (Lipinski definition) is 2. The number of halogens is 2. The van der Waals surface area contributed by atoms with Crippen LogP contribution in [0.15, 0.2) is 77.3 Å². The maximum atomic E-state index is 14.4. The van der Waals surface area contributed by atoms with Crippen LogP contribution in [0.3, 0.4) is 0 Å². The average Bonchev–Trinajstić information content (AvgIpc) is 2.94. The van der Waals surface area contributed by atoms with Gasteiger partial charge in [-0.2, -0.15) is 0 Å². The summed E-state index contributed by atoms with van der Waals surface area (Å²) in [5.74, 6) is -1.13. The van der Waals surface area contributed by atoms with E-state index in [2.05, 4.69) is 21.2 Å². The fourth-order valence-electron chi connectivity index (χ4n) is 6.78. The van der Waals surface area contributed by atoms with Crippen LogP contribution >= 0.6 is 27.5 Å². The lowest BCUT2D eigenvalue weighted by Gasteiger charge is -2.56. The normalized spacial score (nSPS) is 24.0. The van der Waals surface area contributed by atoms with Crippen molar-refractivity contribution in [1.29, 1.82) is 0 Å². The third kappa shape index (κ3) is 4.34. The molecule has 0 spiro atoms. The Hall–Kier alpha value is -3.22. The molecule has 2 N–H and O–H groups in total. The highest BCUT2D eigenvalue weighted by molar-refractivity contribution is 9.10. The summed E-state index contributed by atoms with van der Waals surface area (Å²) in [5.41, 5.74) is 3.37. The van der Waals surface area contributed by atoms with Crippen LogP contribution in [0, 0.1) is 12.3 Å². The number of nitrogens with one attached hydrogen (secondary N) is 1. The van der Waals surface area contributed by atoms with Crippen LogP contribution in [-0.2, 0) is 4.79 Å². The molecule has 39 heavy (non-hydrogen) atoms. The van der Waals surface area contributed by atoms with E-state index in [1.165, 1.54) is 0 Å². The molecule has 0 aliphatic heterocycles. The molecule has 3 fully saturated rings. The number of carboxylic acid groups (broad SMARTS) is 1. The van der Waals surface area contributed by atoms with E-state index in [9.17, 15) is 14.7 Å². The van der Waals surface area contributed by atoms with Gasteiger partial charge in [-0.1, -0.05) is 76.1 Å². The van der Waals surface area contributed by atoms with Crippen LogP contribution in [0.5, 0.6) is 0 Å². The average molecular weight is 604 g/mol. The first kappa shape index (κ1) is 26.0. The number of amides is 1. The van der Waals surface area contributed by atoms with Gasteiger partial charge in [0.25, 0.3) is 5.91 Å². The molecule has 7 heteroatoms. The van der Waals surface area contributed by atoms with Gasteiger partial charge in [0.2, 0.25) is 0 Å². The van der Waals surface area contributed by atoms with Gasteiger partial charge in [-0.25, -0.2) is 4.98 Å². The Balaban J connectivity index is 1.48. The van der Waals surface area contributed by atoms with E-state index in [4.69, 9.17) is 16.6 Å². The lowest BCUT2D eigenvalue weighted by Crippen LogP contribution is -2.62. The van der Waals surface area contributed by atoms with E-state index >= 15 is 0 Å². The topological polar surface area (TPSA) is 79.3 Å². The second-order valence-electron chi connectivity index (χ2n) is 11.0. The molecule has 3 aliphatic carbocycles. The Morgan fingerprint density at radius 2 is 1.69 bits per heavy atom. The van der Waals surface area contributed by atoms with Gasteiger partial charge in [0.15, 0.2) is 0 Å². The van der Waals surface area contributed by atoms with Gasteiger partial charge >= 0.3 is 5.97 Å². The molecule has 2 bridgehead atoms. The minimum absolute atomic E-state index is 0.169. The molecule has 4 aromatic rings. The fraction of sp³-hybridized carbons (Fsp3) is 0.281. The first-order valence-corrected chi connectivity index (χ1v) is 14.4. The van der Waals surface area contributed by atoms with Gasteiger partial charge < -0.3 is 10.4 Å². The van der Waals surface area contributed by atoms with Crippen LogP contribution in [0.4, 0.5) is 0 Å². The molecule has 1 heterocycles. The van der Waals surface area contributed by atoms with E-state index in [0.29, 0.717) is 42.7 Å². The van der Waals surface area contributed by atoms with Crippen molar-refractivity contribution in [3.8, 4) is 11.3 Å². The maximum Gasteiger partial charge on any atom is 0.309 e. The van der Waals surface area contributed by atoms with Crippen molar-refractivity contribution in [1.82, 2.24) is 10.3 Å². The van der Waals surface area contributed by atoms with E-state index in [1.807, 2.05) is 79.7 Å². The Morgan fingerprint density at radius 1 is 1.00 bits per heavy atom. The van der Waals surface area contributed by atoms with Gasteiger partial charge in [0, 0.05) is 31.9 Å². The number of pyridine rings is 1. The van der Waals surface area contributed by atoms with Crippen molar-refractivity contribution in [2.45, 2.75) is 50.5 Å². The zero-order valence-corrected chi connectivity index (χ0v) is 23.8. The number of benzene rings is 3. The van der Waals surface area contributed by atoms with Crippen LogP contribution in [0.2, 0.25) is 5.02 Å². The quantitative estimate of drug-likeness (QED) is 0.243. The Labute approximate surface area is 240 Å². The monoisotopic (exact) mass is 602 g/mol. The molecular formula is C32H28BrClN2O3. The Bertz CT molecular complexity index is 1610. The fourth-order valence-corrected chi connectivity index (χ4v) is 7.41. The molecule has 0 radical (unpaired) electrons. The molecule has 1 amide bonds. The number of fused-ring (bicyclic) bond motifs is 4. The summed E-state index contributed by atoms with van der Waals surface area (Å²) in [7, 11) is 0. The smallest absolute Gasteiger partial charge is 0.309 e. The summed E-state index contributed by atoms with van der Waals surface area (Å²) in [4.78, 5) is 31.7. The van der Waals surface area contributed by atoms with E-state index in [-0.39, 0.29) is 11.8 Å². The second kappa shape index (κ2) is 9.76. The molecule has 7 rings (SSSR count).